The molecule has 3 N–H and O–H groups in total. The van der Waals surface area contributed by atoms with E-state index in [9.17, 15) is 0 Å². The molecular weight excluding hydrogens is 141 g/mol. The summed E-state index contributed by atoms with van der Waals surface area (Å²) in [7, 11) is 0. The third kappa shape index (κ3) is 11.6. The molecule has 2 unspecified atom stereocenters. The number of hydrogen-bond acceptors (Lipinski definition) is 3. The second-order valence-corrected chi connectivity index (χ2v) is 2.36. The van der Waals surface area contributed by atoms with E-state index in [0.717, 1.165) is 0 Å². The second kappa shape index (κ2) is 7.98. The van der Waals surface area contributed by atoms with Crippen LogP contribution in [0.5, 0.6) is 0 Å². The molecule has 0 bridgehead atoms. The summed E-state index contributed by atoms with van der Waals surface area (Å²) in [5.41, 5.74) is 0. The van der Waals surface area contributed by atoms with Crippen molar-refractivity contribution in [2.75, 3.05) is 13.1 Å². The number of nitrogens with one attached hydrogen (secondary N) is 1. The van der Waals surface area contributed by atoms with Crippen molar-refractivity contribution in [3.05, 3.63) is 0 Å². The molecule has 0 aromatic heterocycles. The van der Waals surface area contributed by atoms with Crippen molar-refractivity contribution >= 4 is 0 Å². The molecule has 0 fully saturated rings. The first-order valence-electron chi connectivity index (χ1n) is 3.19. The van der Waals surface area contributed by atoms with Crippen molar-refractivity contribution in [1.82, 2.24) is 5.32 Å². The van der Waals surface area contributed by atoms with E-state index in [1.54, 1.807) is 13.8 Å². The van der Waals surface area contributed by atoms with Gasteiger partial charge in [-0.3, -0.25) is 0 Å². The SMILES string of the molecule is CC(O)CNCC(C)O.[H-].[Na+]. The van der Waals surface area contributed by atoms with E-state index in [-0.39, 0.29) is 43.2 Å². The van der Waals surface area contributed by atoms with Gasteiger partial charge in [-0.15, -0.1) is 0 Å². The Morgan fingerprint density at radius 3 is 1.70 bits per heavy atom. The standard InChI is InChI=1S/C6H15NO2.Na.H/c1-5(8)3-7-4-6(2)9;;/h5-9H,3-4H2,1-2H3;;/q;+1;-1. The van der Waals surface area contributed by atoms with Gasteiger partial charge in [0.2, 0.25) is 0 Å². The molecule has 0 aromatic carbocycles. The molecule has 0 amide bonds. The normalized spacial score (nSPS) is 15.6. The van der Waals surface area contributed by atoms with Gasteiger partial charge in [0.05, 0.1) is 12.2 Å². The summed E-state index contributed by atoms with van der Waals surface area (Å²) in [5.74, 6) is 0. The molecule has 0 spiro atoms. The molecule has 0 aliphatic carbocycles. The predicted molar refractivity (Wildman–Crippen MR) is 37.3 cm³/mol. The zero-order chi connectivity index (χ0) is 7.28. The average Bonchev–Trinajstić information content (AvgIpc) is 1.63. The molecule has 0 aliphatic heterocycles. The Balaban J connectivity index is -0.000000320. The van der Waals surface area contributed by atoms with Crippen LogP contribution < -0.4 is 34.9 Å². The van der Waals surface area contributed by atoms with Gasteiger partial charge >= 0.3 is 29.6 Å². The molecule has 0 saturated carbocycles. The van der Waals surface area contributed by atoms with Crippen LogP contribution in [0, 0.1) is 0 Å². The third-order valence-corrected chi connectivity index (χ3v) is 0.879. The Labute approximate surface area is 85.6 Å². The summed E-state index contributed by atoms with van der Waals surface area (Å²) in [6.45, 7) is 4.50. The molecule has 0 heterocycles. The third-order valence-electron chi connectivity index (χ3n) is 0.879. The van der Waals surface area contributed by atoms with Crippen molar-refractivity contribution in [3.8, 4) is 0 Å². The van der Waals surface area contributed by atoms with Gasteiger partial charge in [0.25, 0.3) is 0 Å². The molecule has 4 heteroatoms. The maximum atomic E-state index is 8.72. The van der Waals surface area contributed by atoms with Crippen molar-refractivity contribution in [2.24, 2.45) is 0 Å². The predicted octanol–water partition coefficient (Wildman–Crippen LogP) is -3.55. The first-order valence-corrected chi connectivity index (χ1v) is 3.19. The van der Waals surface area contributed by atoms with Crippen LogP contribution in [-0.2, 0) is 0 Å². The number of hydrogen-bond donors (Lipinski definition) is 3. The van der Waals surface area contributed by atoms with Crippen LogP contribution in [0.15, 0.2) is 0 Å². The molecule has 58 valence electrons. The fourth-order valence-electron chi connectivity index (χ4n) is 0.501. The number of aliphatic hydroxyl groups excluding tert-OH is 2. The summed E-state index contributed by atoms with van der Waals surface area (Å²) < 4.78 is 0. The summed E-state index contributed by atoms with van der Waals surface area (Å²) in [6, 6.07) is 0. The molecule has 0 aliphatic rings. The van der Waals surface area contributed by atoms with Crippen LogP contribution in [0.1, 0.15) is 15.3 Å². The second-order valence-electron chi connectivity index (χ2n) is 2.36. The molecule has 2 atom stereocenters. The van der Waals surface area contributed by atoms with E-state index in [2.05, 4.69) is 5.32 Å². The smallest absolute Gasteiger partial charge is 1.00 e. The zero-order valence-electron chi connectivity index (χ0n) is 7.96. The van der Waals surface area contributed by atoms with Crippen LogP contribution in [-0.4, -0.2) is 35.5 Å². The molecule has 0 rings (SSSR count). The monoisotopic (exact) mass is 157 g/mol. The van der Waals surface area contributed by atoms with E-state index in [1.807, 2.05) is 0 Å². The van der Waals surface area contributed by atoms with E-state index >= 15 is 0 Å². The zero-order valence-corrected chi connectivity index (χ0v) is 8.96. The minimum atomic E-state index is -0.330. The van der Waals surface area contributed by atoms with Crippen LogP contribution in [0.4, 0.5) is 0 Å². The quantitative estimate of drug-likeness (QED) is 0.370. The topological polar surface area (TPSA) is 52.5 Å². The Morgan fingerprint density at radius 1 is 1.20 bits per heavy atom. The maximum absolute atomic E-state index is 8.72. The van der Waals surface area contributed by atoms with E-state index in [4.69, 9.17) is 10.2 Å². The number of aliphatic hydroxyl groups is 2. The van der Waals surface area contributed by atoms with Crippen LogP contribution >= 0.6 is 0 Å². The van der Waals surface area contributed by atoms with E-state index in [0.29, 0.717) is 13.1 Å². The molecule has 0 radical (unpaired) electrons. The van der Waals surface area contributed by atoms with Gasteiger partial charge in [0.15, 0.2) is 0 Å². The Bertz CT molecular complexity index is 65.6. The Morgan fingerprint density at radius 2 is 1.50 bits per heavy atom. The van der Waals surface area contributed by atoms with Crippen molar-refractivity contribution in [2.45, 2.75) is 26.1 Å². The summed E-state index contributed by atoms with van der Waals surface area (Å²) in [4.78, 5) is 0. The average molecular weight is 157 g/mol. The fraction of sp³-hybridized carbons (Fsp3) is 1.00. The first kappa shape index (κ1) is 13.5. The fourth-order valence-corrected chi connectivity index (χ4v) is 0.501. The van der Waals surface area contributed by atoms with Crippen molar-refractivity contribution < 1.29 is 41.2 Å². The Kier molecular flexibility index (Phi) is 10.7. The van der Waals surface area contributed by atoms with Crippen LogP contribution in [0.2, 0.25) is 0 Å². The van der Waals surface area contributed by atoms with Crippen molar-refractivity contribution in [1.29, 1.82) is 0 Å². The molecule has 10 heavy (non-hydrogen) atoms. The largest absolute Gasteiger partial charge is 1.00 e. The first-order chi connectivity index (χ1) is 4.13. The van der Waals surface area contributed by atoms with Crippen LogP contribution in [0.25, 0.3) is 0 Å². The van der Waals surface area contributed by atoms with Gasteiger partial charge in [0, 0.05) is 13.1 Å². The van der Waals surface area contributed by atoms with Crippen LogP contribution in [0.3, 0.4) is 0 Å². The molecule has 0 aromatic rings. The van der Waals surface area contributed by atoms with Gasteiger partial charge in [-0.1, -0.05) is 0 Å². The molecule has 0 saturated heterocycles. The summed E-state index contributed by atoms with van der Waals surface area (Å²) in [5, 5.41) is 20.3. The van der Waals surface area contributed by atoms with Gasteiger partial charge in [-0.05, 0) is 13.8 Å². The van der Waals surface area contributed by atoms with Gasteiger partial charge < -0.3 is 17.0 Å². The van der Waals surface area contributed by atoms with Gasteiger partial charge in [0.1, 0.15) is 0 Å². The maximum Gasteiger partial charge on any atom is 1.00 e. The minimum Gasteiger partial charge on any atom is -1.00 e. The van der Waals surface area contributed by atoms with E-state index < -0.39 is 0 Å². The van der Waals surface area contributed by atoms with Crippen molar-refractivity contribution in [3.63, 3.8) is 0 Å². The molecular formula is C6H16NNaO2. The summed E-state index contributed by atoms with van der Waals surface area (Å²) in [6.07, 6.45) is -0.660. The minimum absolute atomic E-state index is 0. The Hall–Kier alpha value is 0.880. The van der Waals surface area contributed by atoms with Gasteiger partial charge in [-0.2, -0.15) is 0 Å². The van der Waals surface area contributed by atoms with Gasteiger partial charge in [-0.25, -0.2) is 0 Å². The van der Waals surface area contributed by atoms with E-state index in [1.165, 1.54) is 0 Å². The summed E-state index contributed by atoms with van der Waals surface area (Å²) >= 11 is 0. The molecule has 3 nitrogen and oxygen atoms in total. The number of rotatable bonds is 4.